The first-order chi connectivity index (χ1) is 8.65. The van der Waals surface area contributed by atoms with Crippen molar-refractivity contribution in [2.75, 3.05) is 0 Å². The quantitative estimate of drug-likeness (QED) is 0.767. The largest absolute Gasteiger partial charge is 0.206 e. The molecule has 0 aliphatic rings. The van der Waals surface area contributed by atoms with Crippen LogP contribution in [-0.4, -0.2) is 0 Å². The van der Waals surface area contributed by atoms with Gasteiger partial charge in [0.05, 0.1) is 17.2 Å². The normalized spacial score (nSPS) is 9.56. The van der Waals surface area contributed by atoms with Crippen LogP contribution in [0.5, 0.6) is 0 Å². The van der Waals surface area contributed by atoms with Gasteiger partial charge in [-0.05, 0) is 29.8 Å². The first-order valence-electron chi connectivity index (χ1n) is 5.05. The molecule has 2 aromatic carbocycles. The summed E-state index contributed by atoms with van der Waals surface area (Å²) in [6, 6.07) is 11.5. The van der Waals surface area contributed by atoms with Gasteiger partial charge >= 0.3 is 0 Å². The molecule has 0 aliphatic carbocycles. The smallest absolute Gasteiger partial charge is 0.141 e. The summed E-state index contributed by atoms with van der Waals surface area (Å²) < 4.78 is 27.1. The van der Waals surface area contributed by atoms with Crippen molar-refractivity contribution in [3.05, 3.63) is 59.2 Å². The number of halogens is 2. The third-order valence-electron chi connectivity index (χ3n) is 2.50. The topological polar surface area (TPSA) is 47.6 Å². The zero-order valence-electron chi connectivity index (χ0n) is 9.11. The number of benzene rings is 2. The first-order valence-corrected chi connectivity index (χ1v) is 5.05. The van der Waals surface area contributed by atoms with Gasteiger partial charge in [-0.25, -0.2) is 8.78 Å². The van der Waals surface area contributed by atoms with Crippen molar-refractivity contribution < 1.29 is 8.78 Å². The minimum atomic E-state index is -0.766. The number of hydrogen-bond donors (Lipinski definition) is 0. The van der Waals surface area contributed by atoms with E-state index >= 15 is 0 Å². The first kappa shape index (κ1) is 11.8. The van der Waals surface area contributed by atoms with Crippen molar-refractivity contribution in [1.82, 2.24) is 0 Å². The van der Waals surface area contributed by atoms with Gasteiger partial charge in [0.25, 0.3) is 0 Å². The minimum Gasteiger partial charge on any atom is -0.206 e. The van der Waals surface area contributed by atoms with Crippen LogP contribution in [0.3, 0.4) is 0 Å². The Kier molecular flexibility index (Phi) is 3.03. The lowest BCUT2D eigenvalue weighted by Gasteiger charge is -2.04. The predicted octanol–water partition coefficient (Wildman–Crippen LogP) is 3.38. The summed E-state index contributed by atoms with van der Waals surface area (Å²) >= 11 is 0. The second-order valence-electron chi connectivity index (χ2n) is 3.61. The van der Waals surface area contributed by atoms with E-state index in [0.29, 0.717) is 11.1 Å². The second-order valence-corrected chi connectivity index (χ2v) is 3.61. The molecule has 4 heteroatoms. The lowest BCUT2D eigenvalue weighted by molar-refractivity contribution is 0.600. The van der Waals surface area contributed by atoms with Gasteiger partial charge in [-0.3, -0.25) is 0 Å². The number of nitrogens with zero attached hydrogens (tertiary/aromatic N) is 2. The average molecular weight is 240 g/mol. The van der Waals surface area contributed by atoms with Crippen LogP contribution in [0, 0.1) is 34.3 Å². The molecule has 0 N–H and O–H groups in total. The molecule has 0 saturated heterocycles. The SMILES string of the molecule is N#Cc1ccc(-c2cc(F)c(C#N)cc2F)cc1. The molecule has 0 bridgehead atoms. The van der Waals surface area contributed by atoms with Crippen molar-refractivity contribution in [2.24, 2.45) is 0 Å². The van der Waals surface area contributed by atoms with Crippen LogP contribution in [0.2, 0.25) is 0 Å². The van der Waals surface area contributed by atoms with Crippen LogP contribution < -0.4 is 0 Å². The van der Waals surface area contributed by atoms with Crippen molar-refractivity contribution in [3.8, 4) is 23.3 Å². The molecule has 2 aromatic rings. The maximum absolute atomic E-state index is 13.7. The molecule has 18 heavy (non-hydrogen) atoms. The Morgan fingerprint density at radius 2 is 1.50 bits per heavy atom. The van der Waals surface area contributed by atoms with E-state index in [9.17, 15) is 8.78 Å². The number of hydrogen-bond acceptors (Lipinski definition) is 2. The molecule has 0 aliphatic heterocycles. The van der Waals surface area contributed by atoms with Crippen LogP contribution in [0.4, 0.5) is 8.78 Å². The highest BCUT2D eigenvalue weighted by Crippen LogP contribution is 2.25. The Bertz CT molecular complexity index is 677. The molecule has 0 amide bonds. The Morgan fingerprint density at radius 1 is 0.833 bits per heavy atom. The van der Waals surface area contributed by atoms with E-state index in [1.54, 1.807) is 6.07 Å². The highest BCUT2D eigenvalue weighted by atomic mass is 19.1. The summed E-state index contributed by atoms with van der Waals surface area (Å²) in [5.41, 5.74) is 0.629. The van der Waals surface area contributed by atoms with E-state index in [-0.39, 0.29) is 11.1 Å². The van der Waals surface area contributed by atoms with Gasteiger partial charge in [0.1, 0.15) is 17.7 Å². The van der Waals surface area contributed by atoms with E-state index < -0.39 is 11.6 Å². The Labute approximate surface area is 102 Å². The average Bonchev–Trinajstić information content (AvgIpc) is 2.41. The molecule has 0 aromatic heterocycles. The fourth-order valence-corrected chi connectivity index (χ4v) is 1.58. The molecule has 86 valence electrons. The molecule has 0 spiro atoms. The van der Waals surface area contributed by atoms with Gasteiger partial charge < -0.3 is 0 Å². The molecule has 2 nitrogen and oxygen atoms in total. The maximum atomic E-state index is 13.7. The third-order valence-corrected chi connectivity index (χ3v) is 2.50. The maximum Gasteiger partial charge on any atom is 0.141 e. The monoisotopic (exact) mass is 240 g/mol. The van der Waals surface area contributed by atoms with Crippen LogP contribution >= 0.6 is 0 Å². The Hall–Kier alpha value is -2.72. The van der Waals surface area contributed by atoms with Crippen molar-refractivity contribution >= 4 is 0 Å². The van der Waals surface area contributed by atoms with Crippen molar-refractivity contribution in [2.45, 2.75) is 0 Å². The lowest BCUT2D eigenvalue weighted by Crippen LogP contribution is -1.91. The van der Waals surface area contributed by atoms with Gasteiger partial charge in [-0.2, -0.15) is 10.5 Å². The Balaban J connectivity index is 2.55. The number of nitriles is 2. The van der Waals surface area contributed by atoms with Crippen LogP contribution in [0.1, 0.15) is 11.1 Å². The zero-order valence-corrected chi connectivity index (χ0v) is 9.11. The van der Waals surface area contributed by atoms with E-state index in [1.165, 1.54) is 24.3 Å². The van der Waals surface area contributed by atoms with E-state index in [2.05, 4.69) is 0 Å². The highest BCUT2D eigenvalue weighted by Gasteiger charge is 2.11. The molecule has 0 heterocycles. The Morgan fingerprint density at radius 3 is 2.06 bits per heavy atom. The van der Waals surface area contributed by atoms with Gasteiger partial charge in [-0.15, -0.1) is 0 Å². The fraction of sp³-hybridized carbons (Fsp3) is 0. The minimum absolute atomic E-state index is 0.0657. The standard InChI is InChI=1S/C14H6F2N2/c15-13-6-12(14(16)5-11(13)8-18)10-3-1-9(7-17)2-4-10/h1-6H. The molecule has 0 radical (unpaired) electrons. The summed E-state index contributed by atoms with van der Waals surface area (Å²) in [6.45, 7) is 0. The van der Waals surface area contributed by atoms with Crippen molar-refractivity contribution in [1.29, 1.82) is 10.5 Å². The summed E-state index contributed by atoms with van der Waals surface area (Å²) in [7, 11) is 0. The molecule has 0 unspecified atom stereocenters. The van der Waals surface area contributed by atoms with Gasteiger partial charge in [0, 0.05) is 5.56 Å². The predicted molar refractivity (Wildman–Crippen MR) is 61.2 cm³/mol. The van der Waals surface area contributed by atoms with Gasteiger partial charge in [0.15, 0.2) is 0 Å². The summed E-state index contributed by atoms with van der Waals surface area (Å²) in [6.07, 6.45) is 0. The summed E-state index contributed by atoms with van der Waals surface area (Å²) in [5.74, 6) is -1.43. The van der Waals surface area contributed by atoms with Crippen LogP contribution in [0.25, 0.3) is 11.1 Å². The lowest BCUT2D eigenvalue weighted by atomic mass is 10.0. The zero-order chi connectivity index (χ0) is 13.1. The molecule has 0 atom stereocenters. The number of rotatable bonds is 1. The highest BCUT2D eigenvalue weighted by molar-refractivity contribution is 5.66. The molecular weight excluding hydrogens is 234 g/mol. The van der Waals surface area contributed by atoms with Crippen molar-refractivity contribution in [3.63, 3.8) is 0 Å². The van der Waals surface area contributed by atoms with E-state index in [1.807, 2.05) is 6.07 Å². The molecule has 2 rings (SSSR count). The molecule has 0 fully saturated rings. The van der Waals surface area contributed by atoms with E-state index in [0.717, 1.165) is 12.1 Å². The van der Waals surface area contributed by atoms with E-state index in [4.69, 9.17) is 10.5 Å². The van der Waals surface area contributed by atoms with Crippen LogP contribution in [-0.2, 0) is 0 Å². The van der Waals surface area contributed by atoms with Gasteiger partial charge in [0.2, 0.25) is 0 Å². The van der Waals surface area contributed by atoms with Crippen LogP contribution in [0.15, 0.2) is 36.4 Å². The molecular formula is C14H6F2N2. The third kappa shape index (κ3) is 2.05. The summed E-state index contributed by atoms with van der Waals surface area (Å²) in [4.78, 5) is 0. The van der Waals surface area contributed by atoms with Gasteiger partial charge in [-0.1, -0.05) is 12.1 Å². The summed E-state index contributed by atoms with van der Waals surface area (Å²) in [5, 5.41) is 17.2. The fourth-order valence-electron chi connectivity index (χ4n) is 1.58. The second kappa shape index (κ2) is 4.65. The molecule has 0 saturated carbocycles.